The number of para-hydroxylation sites is 1. The van der Waals surface area contributed by atoms with Crippen molar-refractivity contribution in [2.75, 3.05) is 0 Å². The minimum absolute atomic E-state index is 0.263. The summed E-state index contributed by atoms with van der Waals surface area (Å²) in [5.74, 6) is 0.457. The molecule has 27 heavy (non-hydrogen) atoms. The van der Waals surface area contributed by atoms with Crippen LogP contribution in [0.1, 0.15) is 11.1 Å². The average Bonchev–Trinajstić information content (AvgIpc) is 2.71. The molecule has 0 unspecified atom stereocenters. The molecule has 4 aromatic rings. The van der Waals surface area contributed by atoms with E-state index in [-0.39, 0.29) is 5.82 Å². The lowest BCUT2D eigenvalue weighted by atomic mass is 10.0. The molecule has 3 heteroatoms. The zero-order chi connectivity index (χ0) is 18.5. The summed E-state index contributed by atoms with van der Waals surface area (Å²) in [6, 6.07) is 28.3. The van der Waals surface area contributed by atoms with Crippen molar-refractivity contribution in [3.05, 3.63) is 108 Å². The van der Waals surface area contributed by atoms with E-state index in [0.29, 0.717) is 6.61 Å². The molecule has 0 aliphatic heterocycles. The monoisotopic (exact) mass is 355 g/mol. The number of benzene rings is 4. The van der Waals surface area contributed by atoms with Gasteiger partial charge in [0, 0.05) is 11.8 Å². The van der Waals surface area contributed by atoms with Gasteiger partial charge in [-0.2, -0.15) is 0 Å². The Morgan fingerprint density at radius 3 is 2.48 bits per heavy atom. The molecule has 0 aromatic heterocycles. The molecule has 0 bridgehead atoms. The van der Waals surface area contributed by atoms with Crippen LogP contribution in [0.5, 0.6) is 5.75 Å². The predicted molar refractivity (Wildman–Crippen MR) is 108 cm³/mol. The van der Waals surface area contributed by atoms with Crippen molar-refractivity contribution < 1.29 is 9.13 Å². The molecule has 0 N–H and O–H groups in total. The van der Waals surface area contributed by atoms with Gasteiger partial charge < -0.3 is 4.74 Å². The van der Waals surface area contributed by atoms with Crippen molar-refractivity contribution in [3.8, 4) is 5.75 Å². The number of fused-ring (bicyclic) bond motifs is 1. The molecule has 4 aromatic carbocycles. The first kappa shape index (κ1) is 17.0. The van der Waals surface area contributed by atoms with Crippen molar-refractivity contribution in [1.29, 1.82) is 0 Å². The highest BCUT2D eigenvalue weighted by atomic mass is 19.1. The van der Waals surface area contributed by atoms with Gasteiger partial charge in [0.1, 0.15) is 18.2 Å². The quantitative estimate of drug-likeness (QED) is 0.385. The Morgan fingerprint density at radius 2 is 1.63 bits per heavy atom. The maximum Gasteiger partial charge on any atom is 0.129 e. The molecule has 0 saturated carbocycles. The van der Waals surface area contributed by atoms with E-state index >= 15 is 0 Å². The Hall–Kier alpha value is -3.46. The summed E-state index contributed by atoms with van der Waals surface area (Å²) in [7, 11) is 0. The highest BCUT2D eigenvalue weighted by Gasteiger charge is 2.08. The van der Waals surface area contributed by atoms with E-state index in [1.807, 2.05) is 66.9 Å². The third-order valence-electron chi connectivity index (χ3n) is 4.31. The molecule has 2 nitrogen and oxygen atoms in total. The summed E-state index contributed by atoms with van der Waals surface area (Å²) in [6.07, 6.45) is 1.83. The number of aliphatic imine (C=N–C) groups is 1. The van der Waals surface area contributed by atoms with E-state index in [4.69, 9.17) is 4.74 Å². The van der Waals surface area contributed by atoms with Crippen LogP contribution in [0.3, 0.4) is 0 Å². The summed E-state index contributed by atoms with van der Waals surface area (Å²) in [6.45, 7) is 0.294. The second-order valence-corrected chi connectivity index (χ2v) is 6.21. The highest BCUT2D eigenvalue weighted by Crippen LogP contribution is 2.28. The van der Waals surface area contributed by atoms with Crippen LogP contribution in [0.2, 0.25) is 0 Å². The smallest absolute Gasteiger partial charge is 0.129 e. The Morgan fingerprint density at radius 1 is 0.815 bits per heavy atom. The van der Waals surface area contributed by atoms with Crippen LogP contribution in [-0.2, 0) is 6.61 Å². The lowest BCUT2D eigenvalue weighted by Crippen LogP contribution is -1.99. The molecule has 0 saturated heterocycles. The minimum Gasteiger partial charge on any atom is -0.488 e. The zero-order valence-corrected chi connectivity index (χ0v) is 14.7. The fourth-order valence-corrected chi connectivity index (χ4v) is 2.98. The van der Waals surface area contributed by atoms with Crippen LogP contribution >= 0.6 is 0 Å². The molecule has 0 aliphatic carbocycles. The van der Waals surface area contributed by atoms with Gasteiger partial charge in [0.25, 0.3) is 0 Å². The summed E-state index contributed by atoms with van der Waals surface area (Å²) in [5.41, 5.74) is 2.57. The van der Waals surface area contributed by atoms with Crippen molar-refractivity contribution in [1.82, 2.24) is 0 Å². The lowest BCUT2D eigenvalue weighted by molar-refractivity contribution is 0.305. The number of rotatable bonds is 5. The second kappa shape index (κ2) is 7.83. The zero-order valence-electron chi connectivity index (χ0n) is 14.7. The number of hydrogen-bond acceptors (Lipinski definition) is 2. The highest BCUT2D eigenvalue weighted by molar-refractivity contribution is 6.03. The Labute approximate surface area is 157 Å². The van der Waals surface area contributed by atoms with Gasteiger partial charge in [-0.25, -0.2) is 4.39 Å². The molecule has 0 aliphatic rings. The Balaban J connectivity index is 1.70. The van der Waals surface area contributed by atoms with E-state index in [1.54, 1.807) is 6.07 Å². The third-order valence-corrected chi connectivity index (χ3v) is 4.31. The second-order valence-electron chi connectivity index (χ2n) is 6.21. The van der Waals surface area contributed by atoms with Gasteiger partial charge in [-0.1, -0.05) is 60.7 Å². The molecular formula is C24H18FNO. The maximum absolute atomic E-state index is 13.4. The fourth-order valence-electron chi connectivity index (χ4n) is 2.98. The van der Waals surface area contributed by atoms with Crippen molar-refractivity contribution >= 4 is 22.7 Å². The fraction of sp³-hybridized carbons (Fsp3) is 0.0417. The molecule has 0 radical (unpaired) electrons. The van der Waals surface area contributed by atoms with Crippen LogP contribution < -0.4 is 4.74 Å². The Bertz CT molecular complexity index is 1090. The summed E-state index contributed by atoms with van der Waals surface area (Å²) < 4.78 is 19.4. The summed E-state index contributed by atoms with van der Waals surface area (Å²) in [4.78, 5) is 4.59. The maximum atomic E-state index is 13.4. The van der Waals surface area contributed by atoms with E-state index in [2.05, 4.69) is 17.1 Å². The van der Waals surface area contributed by atoms with Gasteiger partial charge in [0.2, 0.25) is 0 Å². The van der Waals surface area contributed by atoms with E-state index < -0.39 is 0 Å². The molecule has 0 amide bonds. The van der Waals surface area contributed by atoms with Gasteiger partial charge >= 0.3 is 0 Å². The van der Waals surface area contributed by atoms with Crippen LogP contribution in [0.25, 0.3) is 10.8 Å². The molecule has 0 atom stereocenters. The van der Waals surface area contributed by atoms with Gasteiger partial charge in [-0.3, -0.25) is 4.99 Å². The lowest BCUT2D eigenvalue weighted by Gasteiger charge is -2.12. The largest absolute Gasteiger partial charge is 0.488 e. The van der Waals surface area contributed by atoms with E-state index in [0.717, 1.165) is 33.3 Å². The number of nitrogens with zero attached hydrogens (tertiary/aromatic N) is 1. The first-order valence-electron chi connectivity index (χ1n) is 8.78. The molecule has 0 heterocycles. The van der Waals surface area contributed by atoms with Gasteiger partial charge in [-0.15, -0.1) is 0 Å². The normalized spacial score (nSPS) is 11.1. The van der Waals surface area contributed by atoms with E-state index in [1.165, 1.54) is 12.1 Å². The number of hydrogen-bond donors (Lipinski definition) is 0. The van der Waals surface area contributed by atoms with E-state index in [9.17, 15) is 4.39 Å². The molecule has 0 fully saturated rings. The standard InChI is InChI=1S/C24H18FNO/c25-20-9-6-7-18(15-20)17-27-24-14-13-19-8-4-5-12-22(19)23(24)16-26-21-10-2-1-3-11-21/h1-16H,17H2. The molecule has 132 valence electrons. The minimum atomic E-state index is -0.263. The third kappa shape index (κ3) is 4.04. The topological polar surface area (TPSA) is 21.6 Å². The van der Waals surface area contributed by atoms with Crippen LogP contribution in [0.15, 0.2) is 96.0 Å². The van der Waals surface area contributed by atoms with Gasteiger partial charge in [0.05, 0.1) is 5.69 Å². The molecule has 4 rings (SSSR count). The predicted octanol–water partition coefficient (Wildman–Crippen LogP) is 6.31. The van der Waals surface area contributed by atoms with Crippen molar-refractivity contribution in [3.63, 3.8) is 0 Å². The molecular weight excluding hydrogens is 337 g/mol. The van der Waals surface area contributed by atoms with Crippen molar-refractivity contribution in [2.45, 2.75) is 6.61 Å². The average molecular weight is 355 g/mol. The number of ether oxygens (including phenoxy) is 1. The summed E-state index contributed by atoms with van der Waals surface area (Å²) in [5, 5.41) is 2.18. The first-order chi connectivity index (χ1) is 13.3. The number of halogens is 1. The van der Waals surface area contributed by atoms with Crippen LogP contribution in [-0.4, -0.2) is 6.21 Å². The van der Waals surface area contributed by atoms with Crippen LogP contribution in [0, 0.1) is 5.82 Å². The summed E-state index contributed by atoms with van der Waals surface area (Å²) >= 11 is 0. The first-order valence-corrected chi connectivity index (χ1v) is 8.78. The SMILES string of the molecule is Fc1cccc(COc2ccc3ccccc3c2C=Nc2ccccc2)c1. The Kier molecular flexibility index (Phi) is 4.93. The van der Waals surface area contributed by atoms with Crippen LogP contribution in [0.4, 0.5) is 10.1 Å². The van der Waals surface area contributed by atoms with Gasteiger partial charge in [0.15, 0.2) is 0 Å². The molecule has 0 spiro atoms. The van der Waals surface area contributed by atoms with Crippen molar-refractivity contribution in [2.24, 2.45) is 4.99 Å². The van der Waals surface area contributed by atoms with Gasteiger partial charge in [-0.05, 0) is 46.7 Å².